The summed E-state index contributed by atoms with van der Waals surface area (Å²) in [4.78, 5) is 0. The van der Waals surface area contributed by atoms with Crippen molar-refractivity contribution in [3.05, 3.63) is 12.2 Å². The third-order valence-electron chi connectivity index (χ3n) is 1.23. The van der Waals surface area contributed by atoms with Gasteiger partial charge in [-0.2, -0.15) is 12.6 Å². The zero-order valence-corrected chi connectivity index (χ0v) is 7.20. The van der Waals surface area contributed by atoms with Gasteiger partial charge in [0.25, 0.3) is 0 Å². The predicted octanol–water partition coefficient (Wildman–Crippen LogP) is 3.05. The molecule has 0 spiro atoms. The van der Waals surface area contributed by atoms with E-state index in [0.29, 0.717) is 5.25 Å². The number of allylic oxidation sites excluding steroid dienone is 2. The standard InChI is InChI=1S/C8H16S/c1-3-4-5-6-7-8(2)9/h3-4,8-9H,5-7H2,1-2H3. The van der Waals surface area contributed by atoms with Crippen molar-refractivity contribution in [2.45, 2.75) is 38.4 Å². The van der Waals surface area contributed by atoms with E-state index in [-0.39, 0.29) is 0 Å². The van der Waals surface area contributed by atoms with Gasteiger partial charge in [0.1, 0.15) is 0 Å². The molecule has 0 aromatic carbocycles. The topological polar surface area (TPSA) is 0 Å². The normalized spacial score (nSPS) is 14.6. The van der Waals surface area contributed by atoms with Gasteiger partial charge < -0.3 is 0 Å². The summed E-state index contributed by atoms with van der Waals surface area (Å²) in [5, 5.41) is 0.565. The van der Waals surface area contributed by atoms with Crippen LogP contribution in [0, 0.1) is 0 Å². The van der Waals surface area contributed by atoms with Gasteiger partial charge in [-0.25, -0.2) is 0 Å². The molecule has 0 heterocycles. The summed E-state index contributed by atoms with van der Waals surface area (Å²) in [6.07, 6.45) is 8.02. The highest BCUT2D eigenvalue weighted by Crippen LogP contribution is 2.05. The van der Waals surface area contributed by atoms with Crippen LogP contribution in [0.3, 0.4) is 0 Å². The average molecular weight is 144 g/mol. The van der Waals surface area contributed by atoms with E-state index in [1.807, 2.05) is 0 Å². The summed E-state index contributed by atoms with van der Waals surface area (Å²) < 4.78 is 0. The molecule has 0 aromatic rings. The van der Waals surface area contributed by atoms with Crippen LogP contribution >= 0.6 is 12.6 Å². The summed E-state index contributed by atoms with van der Waals surface area (Å²) >= 11 is 4.28. The first-order chi connectivity index (χ1) is 4.27. The van der Waals surface area contributed by atoms with Gasteiger partial charge >= 0.3 is 0 Å². The van der Waals surface area contributed by atoms with Gasteiger partial charge in [-0.05, 0) is 31.4 Å². The van der Waals surface area contributed by atoms with Gasteiger partial charge in [-0.15, -0.1) is 0 Å². The van der Waals surface area contributed by atoms with Crippen LogP contribution in [-0.4, -0.2) is 5.25 Å². The minimum Gasteiger partial charge on any atom is -0.176 e. The Hall–Kier alpha value is 0.0900. The van der Waals surface area contributed by atoms with Crippen molar-refractivity contribution in [2.24, 2.45) is 0 Å². The van der Waals surface area contributed by atoms with Crippen LogP contribution in [-0.2, 0) is 0 Å². The first-order valence-electron chi connectivity index (χ1n) is 3.56. The highest BCUT2D eigenvalue weighted by atomic mass is 32.1. The van der Waals surface area contributed by atoms with E-state index >= 15 is 0 Å². The molecule has 0 rings (SSSR count). The number of rotatable bonds is 4. The van der Waals surface area contributed by atoms with Crippen molar-refractivity contribution in [1.29, 1.82) is 0 Å². The highest BCUT2D eigenvalue weighted by molar-refractivity contribution is 7.80. The molecule has 0 bridgehead atoms. The van der Waals surface area contributed by atoms with Crippen LogP contribution in [0.1, 0.15) is 33.1 Å². The lowest BCUT2D eigenvalue weighted by Crippen LogP contribution is -1.88. The molecule has 0 saturated carbocycles. The monoisotopic (exact) mass is 144 g/mol. The molecule has 0 N–H and O–H groups in total. The lowest BCUT2D eigenvalue weighted by Gasteiger charge is -1.99. The summed E-state index contributed by atoms with van der Waals surface area (Å²) in [6, 6.07) is 0. The molecule has 1 unspecified atom stereocenters. The van der Waals surface area contributed by atoms with E-state index in [0.717, 1.165) is 0 Å². The number of thiol groups is 1. The zero-order chi connectivity index (χ0) is 7.11. The first-order valence-corrected chi connectivity index (χ1v) is 4.08. The zero-order valence-electron chi connectivity index (χ0n) is 6.30. The predicted molar refractivity (Wildman–Crippen MR) is 47.1 cm³/mol. The molecule has 0 aromatic heterocycles. The third kappa shape index (κ3) is 8.09. The van der Waals surface area contributed by atoms with Gasteiger partial charge in [0, 0.05) is 0 Å². The van der Waals surface area contributed by atoms with Crippen molar-refractivity contribution < 1.29 is 0 Å². The Kier molecular flexibility index (Phi) is 6.28. The molecule has 9 heavy (non-hydrogen) atoms. The Balaban J connectivity index is 2.91. The SMILES string of the molecule is CC=CCCCC(C)S. The Morgan fingerprint density at radius 3 is 2.67 bits per heavy atom. The quantitative estimate of drug-likeness (QED) is 0.350. The Labute approximate surface area is 63.8 Å². The average Bonchev–Trinajstić information content (AvgIpc) is 1.80. The van der Waals surface area contributed by atoms with Crippen molar-refractivity contribution in [3.8, 4) is 0 Å². The van der Waals surface area contributed by atoms with Gasteiger partial charge in [0.05, 0.1) is 0 Å². The van der Waals surface area contributed by atoms with Gasteiger partial charge in [0.15, 0.2) is 0 Å². The van der Waals surface area contributed by atoms with Crippen molar-refractivity contribution >= 4 is 12.6 Å². The summed E-state index contributed by atoms with van der Waals surface area (Å²) in [5.74, 6) is 0. The number of unbranched alkanes of at least 4 members (excludes halogenated alkanes) is 1. The molecule has 0 saturated heterocycles. The third-order valence-corrected chi connectivity index (χ3v) is 1.49. The van der Waals surface area contributed by atoms with E-state index in [1.54, 1.807) is 0 Å². The fourth-order valence-electron chi connectivity index (χ4n) is 0.698. The van der Waals surface area contributed by atoms with E-state index in [4.69, 9.17) is 0 Å². The van der Waals surface area contributed by atoms with Crippen molar-refractivity contribution in [3.63, 3.8) is 0 Å². The molecule has 1 atom stereocenters. The molecule has 0 radical (unpaired) electrons. The lowest BCUT2D eigenvalue weighted by atomic mass is 10.2. The Morgan fingerprint density at radius 2 is 2.22 bits per heavy atom. The molecule has 0 nitrogen and oxygen atoms in total. The van der Waals surface area contributed by atoms with E-state index < -0.39 is 0 Å². The molecule has 0 aliphatic carbocycles. The van der Waals surface area contributed by atoms with Crippen molar-refractivity contribution in [2.75, 3.05) is 0 Å². The van der Waals surface area contributed by atoms with Gasteiger partial charge in [-0.1, -0.05) is 19.1 Å². The second-order valence-corrected chi connectivity index (χ2v) is 3.23. The molecule has 1 heteroatoms. The minimum absolute atomic E-state index is 0.565. The van der Waals surface area contributed by atoms with Crippen LogP contribution in [0.25, 0.3) is 0 Å². The minimum atomic E-state index is 0.565. The second kappa shape index (κ2) is 6.21. The Morgan fingerprint density at radius 1 is 1.56 bits per heavy atom. The van der Waals surface area contributed by atoms with Gasteiger partial charge in [0.2, 0.25) is 0 Å². The summed E-state index contributed by atoms with van der Waals surface area (Å²) in [5.41, 5.74) is 0. The molecule has 0 fully saturated rings. The van der Waals surface area contributed by atoms with Crippen LogP contribution < -0.4 is 0 Å². The summed E-state index contributed by atoms with van der Waals surface area (Å²) in [7, 11) is 0. The van der Waals surface area contributed by atoms with Crippen molar-refractivity contribution in [1.82, 2.24) is 0 Å². The molecular weight excluding hydrogens is 128 g/mol. The van der Waals surface area contributed by atoms with Crippen LogP contribution in [0.4, 0.5) is 0 Å². The lowest BCUT2D eigenvalue weighted by molar-refractivity contribution is 0.745. The highest BCUT2D eigenvalue weighted by Gasteiger charge is 1.90. The maximum absolute atomic E-state index is 4.28. The van der Waals surface area contributed by atoms with Gasteiger partial charge in [-0.3, -0.25) is 0 Å². The largest absolute Gasteiger partial charge is 0.176 e. The second-order valence-electron chi connectivity index (χ2n) is 2.35. The van der Waals surface area contributed by atoms with Crippen LogP contribution in [0.15, 0.2) is 12.2 Å². The van der Waals surface area contributed by atoms with Crippen LogP contribution in [0.5, 0.6) is 0 Å². The summed E-state index contributed by atoms with van der Waals surface area (Å²) in [6.45, 7) is 4.20. The van der Waals surface area contributed by atoms with Crippen LogP contribution in [0.2, 0.25) is 0 Å². The maximum Gasteiger partial charge on any atom is -0.00115 e. The molecular formula is C8H16S. The molecule has 0 aliphatic heterocycles. The van der Waals surface area contributed by atoms with E-state index in [9.17, 15) is 0 Å². The smallest absolute Gasteiger partial charge is 0.00115 e. The fraction of sp³-hybridized carbons (Fsp3) is 0.750. The fourth-order valence-corrected chi connectivity index (χ4v) is 0.880. The maximum atomic E-state index is 4.28. The Bertz CT molecular complexity index is 74.6. The van der Waals surface area contributed by atoms with E-state index in [1.165, 1.54) is 19.3 Å². The molecule has 54 valence electrons. The first kappa shape index (κ1) is 9.09. The molecule has 0 aliphatic rings. The number of hydrogen-bond acceptors (Lipinski definition) is 1. The molecule has 0 amide bonds. The van der Waals surface area contributed by atoms with E-state index in [2.05, 4.69) is 38.6 Å². The number of hydrogen-bond donors (Lipinski definition) is 1.